The van der Waals surface area contributed by atoms with Gasteiger partial charge in [0.1, 0.15) is 5.82 Å². The average Bonchev–Trinajstić information content (AvgIpc) is 2.35. The molecule has 0 amide bonds. The molecule has 0 saturated carbocycles. The number of rotatable bonds is 4. The van der Waals surface area contributed by atoms with Gasteiger partial charge in [0.05, 0.1) is 11.9 Å². The van der Waals surface area contributed by atoms with E-state index in [1.54, 1.807) is 18.2 Å². The summed E-state index contributed by atoms with van der Waals surface area (Å²) in [5.74, 6) is -0.717. The number of hydrogen-bond donors (Lipinski definition) is 1. The van der Waals surface area contributed by atoms with Gasteiger partial charge in [-0.25, -0.2) is 9.37 Å². The van der Waals surface area contributed by atoms with Gasteiger partial charge in [0.15, 0.2) is 0 Å². The summed E-state index contributed by atoms with van der Waals surface area (Å²) in [6.07, 6.45) is 1.98. The predicted octanol–water partition coefficient (Wildman–Crippen LogP) is 3.40. The zero-order valence-corrected chi connectivity index (χ0v) is 10.0. The second-order valence-electron chi connectivity index (χ2n) is 4.21. The van der Waals surface area contributed by atoms with Gasteiger partial charge in [0.25, 0.3) is 0 Å². The Hall–Kier alpha value is -1.97. The van der Waals surface area contributed by atoms with Crippen LogP contribution in [0, 0.1) is 11.8 Å². The molecule has 0 bridgehead atoms. The molecule has 0 radical (unpaired) electrons. The van der Waals surface area contributed by atoms with Crippen LogP contribution in [0.4, 0.5) is 14.5 Å². The van der Waals surface area contributed by atoms with E-state index in [2.05, 4.69) is 10.3 Å². The number of hydrogen-bond acceptors (Lipinski definition) is 2. The van der Waals surface area contributed by atoms with Gasteiger partial charge in [-0.3, -0.25) is 0 Å². The average molecular weight is 248 g/mol. The topological polar surface area (TPSA) is 24.9 Å². The number of anilines is 1. The highest BCUT2D eigenvalue weighted by molar-refractivity contribution is 5.41. The molecule has 1 atom stereocenters. The van der Waals surface area contributed by atoms with Gasteiger partial charge < -0.3 is 5.32 Å². The van der Waals surface area contributed by atoms with Crippen molar-refractivity contribution in [2.75, 3.05) is 5.32 Å². The third-order valence-corrected chi connectivity index (χ3v) is 2.62. The molecule has 0 saturated heterocycles. The molecular weight excluding hydrogens is 234 g/mol. The summed E-state index contributed by atoms with van der Waals surface area (Å²) in [5, 5.41) is 3.15. The molecule has 2 aromatic rings. The molecule has 18 heavy (non-hydrogen) atoms. The van der Waals surface area contributed by atoms with E-state index in [0.717, 1.165) is 5.69 Å². The number of aromatic nitrogens is 1. The largest absolute Gasteiger partial charge is 0.381 e. The smallest absolute Gasteiger partial charge is 0.212 e. The Balaban J connectivity index is 1.99. The summed E-state index contributed by atoms with van der Waals surface area (Å²) in [4.78, 5) is 3.55. The zero-order chi connectivity index (χ0) is 13.0. The molecule has 4 heteroatoms. The lowest BCUT2D eigenvalue weighted by atomic mass is 10.1. The summed E-state index contributed by atoms with van der Waals surface area (Å²) in [7, 11) is 0. The van der Waals surface area contributed by atoms with Crippen LogP contribution in [-0.2, 0) is 6.42 Å². The standard InChI is InChI=1S/C14H14F2N2/c1-10(8-11-4-2-3-5-13(11)15)18-12-6-7-14(16)17-9-12/h2-7,9-10,18H,8H2,1H3. The van der Waals surface area contributed by atoms with Gasteiger partial charge in [-0.05, 0) is 37.1 Å². The SMILES string of the molecule is CC(Cc1ccccc1F)Nc1ccc(F)nc1. The minimum absolute atomic E-state index is 0.0363. The van der Waals surface area contributed by atoms with Gasteiger partial charge in [-0.15, -0.1) is 0 Å². The quantitative estimate of drug-likeness (QED) is 0.839. The first kappa shape index (κ1) is 12.5. The van der Waals surface area contributed by atoms with E-state index in [4.69, 9.17) is 0 Å². The highest BCUT2D eigenvalue weighted by Gasteiger charge is 2.07. The Bertz CT molecular complexity index is 511. The Morgan fingerprint density at radius 2 is 1.94 bits per heavy atom. The van der Waals surface area contributed by atoms with E-state index in [1.165, 1.54) is 18.3 Å². The van der Waals surface area contributed by atoms with Gasteiger partial charge >= 0.3 is 0 Å². The summed E-state index contributed by atoms with van der Waals surface area (Å²) in [6, 6.07) is 9.62. The molecule has 94 valence electrons. The van der Waals surface area contributed by atoms with E-state index in [0.29, 0.717) is 12.0 Å². The first-order chi connectivity index (χ1) is 8.65. The highest BCUT2D eigenvalue weighted by Crippen LogP contribution is 2.13. The molecule has 0 aliphatic rings. The van der Waals surface area contributed by atoms with Crippen LogP contribution in [0.1, 0.15) is 12.5 Å². The number of benzene rings is 1. The van der Waals surface area contributed by atoms with Crippen molar-refractivity contribution in [1.29, 1.82) is 0 Å². The molecule has 1 unspecified atom stereocenters. The zero-order valence-electron chi connectivity index (χ0n) is 10.0. The molecule has 2 rings (SSSR count). The van der Waals surface area contributed by atoms with Crippen molar-refractivity contribution < 1.29 is 8.78 Å². The minimum atomic E-state index is -0.512. The Labute approximate surface area is 105 Å². The van der Waals surface area contributed by atoms with Crippen LogP contribution in [0.2, 0.25) is 0 Å². The van der Waals surface area contributed by atoms with Crippen LogP contribution in [0.25, 0.3) is 0 Å². The van der Waals surface area contributed by atoms with Gasteiger partial charge in [-0.2, -0.15) is 4.39 Å². The van der Waals surface area contributed by atoms with Crippen molar-refractivity contribution in [2.45, 2.75) is 19.4 Å². The molecule has 0 aliphatic carbocycles. The van der Waals surface area contributed by atoms with E-state index in [-0.39, 0.29) is 11.9 Å². The monoisotopic (exact) mass is 248 g/mol. The number of halogens is 2. The number of nitrogens with one attached hydrogen (secondary N) is 1. The highest BCUT2D eigenvalue weighted by atomic mass is 19.1. The molecule has 1 heterocycles. The fourth-order valence-corrected chi connectivity index (χ4v) is 1.79. The third kappa shape index (κ3) is 3.26. The Morgan fingerprint density at radius 3 is 2.61 bits per heavy atom. The van der Waals surface area contributed by atoms with E-state index < -0.39 is 5.95 Å². The van der Waals surface area contributed by atoms with Crippen LogP contribution >= 0.6 is 0 Å². The van der Waals surface area contributed by atoms with Crippen LogP contribution in [0.5, 0.6) is 0 Å². The molecule has 1 aromatic carbocycles. The first-order valence-electron chi connectivity index (χ1n) is 5.76. The van der Waals surface area contributed by atoms with Crippen molar-refractivity contribution in [3.8, 4) is 0 Å². The maximum absolute atomic E-state index is 13.5. The van der Waals surface area contributed by atoms with Crippen LogP contribution in [-0.4, -0.2) is 11.0 Å². The van der Waals surface area contributed by atoms with Gasteiger partial charge in [0, 0.05) is 6.04 Å². The summed E-state index contributed by atoms with van der Waals surface area (Å²) in [5.41, 5.74) is 1.38. The lowest BCUT2D eigenvalue weighted by molar-refractivity contribution is 0.583. The first-order valence-corrected chi connectivity index (χ1v) is 5.76. The van der Waals surface area contributed by atoms with Crippen molar-refractivity contribution in [3.05, 3.63) is 59.9 Å². The maximum Gasteiger partial charge on any atom is 0.212 e. The fourth-order valence-electron chi connectivity index (χ4n) is 1.79. The third-order valence-electron chi connectivity index (χ3n) is 2.62. The normalized spacial score (nSPS) is 12.2. The van der Waals surface area contributed by atoms with Crippen LogP contribution < -0.4 is 5.32 Å². The molecule has 1 aromatic heterocycles. The number of nitrogens with zero attached hydrogens (tertiary/aromatic N) is 1. The molecule has 2 nitrogen and oxygen atoms in total. The molecule has 0 fully saturated rings. The lowest BCUT2D eigenvalue weighted by Gasteiger charge is -2.15. The van der Waals surface area contributed by atoms with Crippen LogP contribution in [0.15, 0.2) is 42.6 Å². The molecule has 0 aliphatic heterocycles. The van der Waals surface area contributed by atoms with Crippen molar-refractivity contribution in [1.82, 2.24) is 4.98 Å². The van der Waals surface area contributed by atoms with Crippen molar-refractivity contribution >= 4 is 5.69 Å². The van der Waals surface area contributed by atoms with Gasteiger partial charge in [-0.1, -0.05) is 18.2 Å². The Kier molecular flexibility index (Phi) is 3.87. The van der Waals surface area contributed by atoms with E-state index >= 15 is 0 Å². The van der Waals surface area contributed by atoms with Crippen molar-refractivity contribution in [3.63, 3.8) is 0 Å². The minimum Gasteiger partial charge on any atom is -0.381 e. The summed E-state index contributed by atoms with van der Waals surface area (Å²) in [6.45, 7) is 1.94. The second-order valence-corrected chi connectivity index (χ2v) is 4.21. The Morgan fingerprint density at radius 1 is 1.17 bits per heavy atom. The van der Waals surface area contributed by atoms with Gasteiger partial charge in [0.2, 0.25) is 5.95 Å². The summed E-state index contributed by atoms with van der Waals surface area (Å²) < 4.78 is 26.1. The predicted molar refractivity (Wildman–Crippen MR) is 67.4 cm³/mol. The molecule has 1 N–H and O–H groups in total. The van der Waals surface area contributed by atoms with E-state index in [9.17, 15) is 8.78 Å². The molecular formula is C14H14F2N2. The van der Waals surface area contributed by atoms with Crippen molar-refractivity contribution in [2.24, 2.45) is 0 Å². The lowest BCUT2D eigenvalue weighted by Crippen LogP contribution is -2.18. The van der Waals surface area contributed by atoms with E-state index in [1.807, 2.05) is 13.0 Å². The molecule has 0 spiro atoms. The summed E-state index contributed by atoms with van der Waals surface area (Å²) >= 11 is 0. The fraction of sp³-hybridized carbons (Fsp3) is 0.214. The number of pyridine rings is 1. The maximum atomic E-state index is 13.5. The second kappa shape index (κ2) is 5.58. The van der Waals surface area contributed by atoms with Crippen LogP contribution in [0.3, 0.4) is 0 Å².